The van der Waals surface area contributed by atoms with Crippen molar-refractivity contribution < 1.29 is 23.7 Å². The minimum atomic E-state index is -0.0693. The number of carbonyl (C=O) groups is 1. The Morgan fingerprint density at radius 1 is 0.971 bits per heavy atom. The summed E-state index contributed by atoms with van der Waals surface area (Å²) in [6.45, 7) is 0.347. The Kier molecular flexibility index (Phi) is 6.13. The molecule has 4 aromatic rings. The first-order chi connectivity index (χ1) is 17.1. The summed E-state index contributed by atoms with van der Waals surface area (Å²) in [4.78, 5) is 18.2. The average molecular weight is 474 g/mol. The maximum absolute atomic E-state index is 13.2. The highest BCUT2D eigenvalue weighted by Crippen LogP contribution is 2.43. The van der Waals surface area contributed by atoms with Crippen LogP contribution in [-0.2, 0) is 17.8 Å². The average Bonchev–Trinajstić information content (AvgIpc) is 3.24. The van der Waals surface area contributed by atoms with E-state index < -0.39 is 0 Å². The molecule has 5 rings (SSSR count). The van der Waals surface area contributed by atoms with Crippen molar-refractivity contribution in [2.24, 2.45) is 0 Å². The van der Waals surface area contributed by atoms with Crippen LogP contribution in [0.1, 0.15) is 39.6 Å². The molecule has 0 bridgehead atoms. The van der Waals surface area contributed by atoms with Crippen LogP contribution in [0.25, 0.3) is 16.8 Å². The molecule has 0 N–H and O–H groups in total. The number of ketones is 1. The Bertz CT molecular complexity index is 1370. The van der Waals surface area contributed by atoms with E-state index in [9.17, 15) is 4.79 Å². The molecule has 1 atom stereocenters. The molecule has 35 heavy (non-hydrogen) atoms. The lowest BCUT2D eigenvalue weighted by Gasteiger charge is -2.24. The lowest BCUT2D eigenvalue weighted by molar-refractivity contribution is 0.0962. The van der Waals surface area contributed by atoms with E-state index in [0.717, 1.165) is 28.1 Å². The molecule has 0 aliphatic heterocycles. The van der Waals surface area contributed by atoms with Crippen LogP contribution in [0.2, 0.25) is 0 Å². The monoisotopic (exact) mass is 473 g/mol. The molecule has 8 heteroatoms. The topological polar surface area (TPSA) is 84.2 Å². The number of hydrogen-bond donors (Lipinski definition) is 0. The number of fused-ring (bicyclic) bond motifs is 2. The fraction of sp³-hybridized carbons (Fsp3) is 0.296. The van der Waals surface area contributed by atoms with Gasteiger partial charge in [-0.2, -0.15) is 5.10 Å². The highest BCUT2D eigenvalue weighted by molar-refractivity contribution is 5.99. The van der Waals surface area contributed by atoms with Crippen molar-refractivity contribution in [1.29, 1.82) is 0 Å². The van der Waals surface area contributed by atoms with Gasteiger partial charge in [0.1, 0.15) is 0 Å². The van der Waals surface area contributed by atoms with Crippen LogP contribution in [0.5, 0.6) is 17.2 Å². The summed E-state index contributed by atoms with van der Waals surface area (Å²) in [5.41, 5.74) is 5.71. The fourth-order valence-electron chi connectivity index (χ4n) is 4.79. The van der Waals surface area contributed by atoms with Gasteiger partial charge in [-0.15, -0.1) is 0 Å². The van der Waals surface area contributed by atoms with Gasteiger partial charge >= 0.3 is 0 Å². The number of rotatable bonds is 7. The van der Waals surface area contributed by atoms with Gasteiger partial charge in [-0.25, -0.2) is 9.50 Å². The van der Waals surface area contributed by atoms with Crippen molar-refractivity contribution in [2.75, 3.05) is 28.4 Å². The van der Waals surface area contributed by atoms with Crippen LogP contribution in [0, 0.1) is 0 Å². The van der Waals surface area contributed by atoms with Crippen molar-refractivity contribution in [3.05, 3.63) is 71.2 Å². The summed E-state index contributed by atoms with van der Waals surface area (Å²) in [5.74, 6) is 1.62. The summed E-state index contributed by atoms with van der Waals surface area (Å²) >= 11 is 0. The Morgan fingerprint density at radius 3 is 2.31 bits per heavy atom. The number of ether oxygens (including phenoxy) is 4. The van der Waals surface area contributed by atoms with E-state index in [2.05, 4.69) is 0 Å². The predicted octanol–water partition coefficient (Wildman–Crippen LogP) is 4.48. The molecule has 8 nitrogen and oxygen atoms in total. The van der Waals surface area contributed by atoms with Gasteiger partial charge in [0.15, 0.2) is 22.9 Å². The molecule has 2 aromatic heterocycles. The number of aromatic nitrogens is 3. The third-order valence-corrected chi connectivity index (χ3v) is 6.43. The Labute approximate surface area is 203 Å². The van der Waals surface area contributed by atoms with Crippen molar-refractivity contribution in [1.82, 2.24) is 14.6 Å². The molecular weight excluding hydrogens is 446 g/mol. The Morgan fingerprint density at radius 2 is 1.69 bits per heavy atom. The molecule has 0 fully saturated rings. The molecule has 0 saturated carbocycles. The number of carbonyl (C=O) groups excluding carboxylic acids is 1. The lowest BCUT2D eigenvalue weighted by Crippen LogP contribution is -2.21. The highest BCUT2D eigenvalue weighted by Gasteiger charge is 2.31. The molecular formula is C27H27N3O5. The maximum atomic E-state index is 13.2. The normalized spacial score (nSPS) is 15.2. The van der Waals surface area contributed by atoms with Gasteiger partial charge in [0.05, 0.1) is 50.5 Å². The predicted molar refractivity (Wildman–Crippen MR) is 131 cm³/mol. The number of methoxy groups -OCH3 is 4. The van der Waals surface area contributed by atoms with E-state index in [1.807, 2.05) is 42.5 Å². The Hall–Kier alpha value is -3.91. The summed E-state index contributed by atoms with van der Waals surface area (Å²) in [5, 5.41) is 4.69. The van der Waals surface area contributed by atoms with Gasteiger partial charge in [-0.05, 0) is 35.6 Å². The third kappa shape index (κ3) is 4.00. The van der Waals surface area contributed by atoms with E-state index in [1.54, 1.807) is 39.2 Å². The first-order valence-corrected chi connectivity index (χ1v) is 11.4. The quantitative estimate of drug-likeness (QED) is 0.391. The number of benzene rings is 2. The van der Waals surface area contributed by atoms with Crippen molar-refractivity contribution >= 4 is 11.4 Å². The molecule has 0 spiro atoms. The molecule has 0 amide bonds. The van der Waals surface area contributed by atoms with E-state index in [1.165, 1.54) is 0 Å². The van der Waals surface area contributed by atoms with Gasteiger partial charge in [-0.3, -0.25) is 4.79 Å². The number of hydrogen-bond acceptors (Lipinski definition) is 7. The van der Waals surface area contributed by atoms with Crippen LogP contribution >= 0.6 is 0 Å². The van der Waals surface area contributed by atoms with E-state index in [0.29, 0.717) is 47.9 Å². The van der Waals surface area contributed by atoms with Crippen molar-refractivity contribution in [3.63, 3.8) is 0 Å². The second-order valence-electron chi connectivity index (χ2n) is 8.48. The molecule has 1 aliphatic rings. The van der Waals surface area contributed by atoms with Gasteiger partial charge in [0.2, 0.25) is 5.75 Å². The zero-order valence-corrected chi connectivity index (χ0v) is 20.2. The summed E-state index contributed by atoms with van der Waals surface area (Å²) in [7, 11) is 6.39. The van der Waals surface area contributed by atoms with Crippen LogP contribution in [0.3, 0.4) is 0 Å². The molecule has 0 saturated heterocycles. The third-order valence-electron chi connectivity index (χ3n) is 6.43. The molecule has 0 radical (unpaired) electrons. The molecule has 1 aliphatic carbocycles. The van der Waals surface area contributed by atoms with Crippen LogP contribution in [0.4, 0.5) is 0 Å². The summed E-state index contributed by atoms with van der Waals surface area (Å²) in [6, 6.07) is 13.8. The van der Waals surface area contributed by atoms with E-state index >= 15 is 0 Å². The lowest BCUT2D eigenvalue weighted by atomic mass is 9.82. The first kappa shape index (κ1) is 22.9. The first-order valence-electron chi connectivity index (χ1n) is 11.4. The molecule has 180 valence electrons. The summed E-state index contributed by atoms with van der Waals surface area (Å²) in [6.07, 6.45) is 2.77. The van der Waals surface area contributed by atoms with Gasteiger partial charge in [0.25, 0.3) is 0 Å². The largest absolute Gasteiger partial charge is 0.493 e. The summed E-state index contributed by atoms with van der Waals surface area (Å²) < 4.78 is 23.6. The molecule has 2 aromatic carbocycles. The molecule has 1 unspecified atom stereocenters. The second-order valence-corrected chi connectivity index (χ2v) is 8.48. The van der Waals surface area contributed by atoms with Gasteiger partial charge in [0, 0.05) is 19.7 Å². The molecule has 2 heterocycles. The fourth-order valence-corrected chi connectivity index (χ4v) is 4.79. The SMILES string of the molecule is COCc1nn2cc3c(nc2c1-c1ccccc1)CC(c1cc(OC)c(OC)c(OC)c1)CC3=O. The van der Waals surface area contributed by atoms with E-state index in [-0.39, 0.29) is 11.7 Å². The number of Topliss-reactive ketones (excluding diaryl/α,β-unsaturated/α-hetero) is 1. The zero-order valence-electron chi connectivity index (χ0n) is 20.2. The van der Waals surface area contributed by atoms with Crippen LogP contribution < -0.4 is 14.2 Å². The van der Waals surface area contributed by atoms with Gasteiger partial charge in [-0.1, -0.05) is 30.3 Å². The van der Waals surface area contributed by atoms with Crippen LogP contribution in [-0.4, -0.2) is 48.8 Å². The van der Waals surface area contributed by atoms with Crippen LogP contribution in [0.15, 0.2) is 48.7 Å². The Balaban J connectivity index is 1.61. The standard InChI is InChI=1S/C27H27N3O5/c1-32-15-21-25(16-8-6-5-7-9-16)27-28-20-10-17(11-22(31)19(20)14-30(27)29-21)18-12-23(33-2)26(35-4)24(13-18)34-3/h5-9,12-14,17H,10-11,15H2,1-4H3. The van der Waals surface area contributed by atoms with Crippen molar-refractivity contribution in [2.45, 2.75) is 25.4 Å². The highest BCUT2D eigenvalue weighted by atomic mass is 16.5. The zero-order chi connectivity index (χ0) is 24.5. The second kappa shape index (κ2) is 9.38. The minimum Gasteiger partial charge on any atom is -0.493 e. The minimum absolute atomic E-state index is 0.0319. The number of nitrogens with zero attached hydrogens (tertiary/aromatic N) is 3. The van der Waals surface area contributed by atoms with Gasteiger partial charge < -0.3 is 18.9 Å². The van der Waals surface area contributed by atoms with E-state index in [4.69, 9.17) is 29.0 Å². The smallest absolute Gasteiger partial charge is 0.203 e. The maximum Gasteiger partial charge on any atom is 0.203 e. The van der Waals surface area contributed by atoms with Crippen molar-refractivity contribution in [3.8, 4) is 28.4 Å².